The van der Waals surface area contributed by atoms with Crippen LogP contribution in [-0.2, 0) is 115 Å². The van der Waals surface area contributed by atoms with Gasteiger partial charge in [-0.3, -0.25) is 76.7 Å². The van der Waals surface area contributed by atoms with Crippen LogP contribution in [0.15, 0.2) is 101 Å². The van der Waals surface area contributed by atoms with Crippen LogP contribution in [0.5, 0.6) is 0 Å². The number of amides is 8. The summed E-state index contributed by atoms with van der Waals surface area (Å²) in [5.41, 5.74) is 0.113. The highest BCUT2D eigenvalue weighted by molar-refractivity contribution is 5.91. The Kier molecular flexibility index (Phi) is 98.9. The smallest absolute Gasteiger partial charge is 0.307 e. The molecule has 0 aliphatic heterocycles. The molecule has 0 rings (SSSR count). The zero-order valence-electron chi connectivity index (χ0n) is 85.1. The zero-order chi connectivity index (χ0) is 103. The monoisotopic (exact) mass is 1870 g/mol. The van der Waals surface area contributed by atoms with Gasteiger partial charge in [0.1, 0.15) is 6.61 Å². The Balaban J connectivity index is -0.000000223. The number of esters is 7. The van der Waals surface area contributed by atoms with Gasteiger partial charge in [0.2, 0.25) is 47.3 Å². The molecule has 0 spiro atoms. The number of hydrogen-bond donors (Lipinski definition) is 0. The minimum absolute atomic E-state index is 0.0499. The van der Waals surface area contributed by atoms with E-state index in [4.69, 9.17) is 33.2 Å². The fourth-order valence-corrected chi connectivity index (χ4v) is 11.1. The molecule has 0 fully saturated rings. The predicted molar refractivity (Wildman–Crippen MR) is 522 cm³/mol. The van der Waals surface area contributed by atoms with E-state index in [1.54, 1.807) is 55.1 Å². The van der Waals surface area contributed by atoms with Crippen LogP contribution in [0.25, 0.3) is 0 Å². The second kappa shape index (κ2) is 95.2. The summed E-state index contributed by atoms with van der Waals surface area (Å²) in [4.78, 5) is 193. The van der Waals surface area contributed by atoms with Gasteiger partial charge in [0.15, 0.2) is 5.78 Å². The molecule has 1 atom stereocenters. The first-order valence-electron chi connectivity index (χ1n) is 47.2. The number of Topliss-reactive ketones (excluding diaryl/α,β-unsaturated/α-hetero) is 1. The third kappa shape index (κ3) is 81.6. The van der Waals surface area contributed by atoms with Gasteiger partial charge in [-0.05, 0) is 169 Å². The molecule has 32 heteroatoms. The van der Waals surface area contributed by atoms with E-state index in [1.165, 1.54) is 92.7 Å². The number of unbranched alkanes of at least 4 members (excludes halogenated alkanes) is 6. The number of likely N-dealkylation sites (N-methyl/N-ethyl adjacent to an activating group) is 8. The predicted octanol–water partition coefficient (Wildman–Crippen LogP) is 15.0. The first-order valence-corrected chi connectivity index (χ1v) is 47.2. The SMILES string of the molecule is C=CC(=O)N(CC)CCC(=O)COCCCCCCC.C=CC(=O)N(CC)CCC(=O)OC.C=CC(=O)N(CC)CCC(=O)OC(C)C.C=CC(=O)N(CC)CCC(=O)OCC.C=CC(=O)N(CC)CCC(=O)OCC(C)C.C=CC(=O)N(CC)CCC(=O)OCC(CC)(CCC)CCCC.C=CC(=O)N(CC)CCC(=O)OCCC.C=CC(=O)N(CC)CCC(=O)OCCCC. The molecule has 0 aromatic carbocycles. The molecule has 0 aliphatic carbocycles. The summed E-state index contributed by atoms with van der Waals surface area (Å²) in [5.74, 6) is -2.66. The molecule has 0 aromatic rings. The highest BCUT2D eigenvalue weighted by atomic mass is 16.6. The van der Waals surface area contributed by atoms with Gasteiger partial charge in [-0.2, -0.15) is 0 Å². The summed E-state index contributed by atoms with van der Waals surface area (Å²) in [6, 6.07) is 0. The quantitative estimate of drug-likeness (QED) is 0.0236. The number of nitrogens with zero attached hydrogens (tertiary/aromatic N) is 8. The van der Waals surface area contributed by atoms with E-state index in [0.717, 1.165) is 57.8 Å². The van der Waals surface area contributed by atoms with Crippen LogP contribution in [0.3, 0.4) is 0 Å². The molecule has 0 radical (unpaired) electrons. The normalized spacial score (nSPS) is 10.3. The van der Waals surface area contributed by atoms with Crippen molar-refractivity contribution in [1.29, 1.82) is 0 Å². The lowest BCUT2D eigenvalue weighted by molar-refractivity contribution is -0.149. The second-order valence-electron chi connectivity index (χ2n) is 30.1. The van der Waals surface area contributed by atoms with Gasteiger partial charge in [-0.1, -0.05) is 159 Å². The van der Waals surface area contributed by atoms with Crippen LogP contribution in [0.2, 0.25) is 0 Å². The van der Waals surface area contributed by atoms with E-state index in [0.29, 0.717) is 157 Å². The van der Waals surface area contributed by atoms with Crippen LogP contribution in [0.1, 0.15) is 273 Å². The summed E-state index contributed by atoms with van der Waals surface area (Å²) in [6.45, 7) is 75.0. The topological polar surface area (TPSA) is 373 Å². The van der Waals surface area contributed by atoms with Gasteiger partial charge < -0.3 is 77.1 Å². The van der Waals surface area contributed by atoms with Gasteiger partial charge in [0.25, 0.3) is 0 Å². The third-order valence-corrected chi connectivity index (χ3v) is 19.2. The van der Waals surface area contributed by atoms with Crippen LogP contribution in [0, 0.1) is 11.3 Å². The van der Waals surface area contributed by atoms with Crippen molar-refractivity contribution in [3.8, 4) is 0 Å². The molecular formula is C100H176N8O24. The molecule has 32 nitrogen and oxygen atoms in total. The lowest BCUT2D eigenvalue weighted by Crippen LogP contribution is -2.33. The van der Waals surface area contributed by atoms with Crippen molar-refractivity contribution in [1.82, 2.24) is 39.2 Å². The largest absolute Gasteiger partial charge is 0.469 e. The Morgan fingerprint density at radius 2 is 0.591 bits per heavy atom. The van der Waals surface area contributed by atoms with Gasteiger partial charge in [-0.15, -0.1) is 0 Å². The standard InChI is InChI=1S/C19H35NO3.C16H29NO3.2C12H21NO3.2C11H19NO3.C10H17NO3.C9H15NO3/c1-6-11-14-19(9-4,13-7-2)16-23-18(22)12-15-20(10-5)17(21)8-3;1-4-7-8-9-10-13-20-14-15(18)11-12-17(6-3)16(19)5-2;1-5-11(14)13(6-2)8-7-12(15)16-9-10(3)4;1-4-7-10-16-12(15)8-9-13(6-3)11(14)5-2;1-5-10(13)12(6-2)8-7-11(14)15-9(3)4;1-4-9-15-11(14)7-8-12(6-3)10(13)5-2;1-4-9(12)11(5-2)8-7-10(13)14-6-3;1-4-8(11)10(5-2)7-6-9(12)13-3/h8H,3,6-7,9-16H2,1-2,4-5H3;5H,2,4,6-14H2,1,3H3;5,10H,1,6-9H2,2-4H3;5H,2,4,6-10H2,1,3H3;5,9H,1,6-8H2,2-4H3;5H,2,4,6-9H2,1,3H3;4H,1,5-8H2,2-3H3;4H,1,5-7H2,2-3H3. The Morgan fingerprint density at radius 3 is 0.871 bits per heavy atom. The highest BCUT2D eigenvalue weighted by Gasteiger charge is 2.29. The van der Waals surface area contributed by atoms with E-state index in [-0.39, 0.29) is 158 Å². The van der Waals surface area contributed by atoms with E-state index >= 15 is 0 Å². The molecular weight excluding hydrogens is 1700 g/mol. The number of ether oxygens (including phenoxy) is 8. The second-order valence-corrected chi connectivity index (χ2v) is 30.1. The Labute approximate surface area is 794 Å². The van der Waals surface area contributed by atoms with Crippen LogP contribution >= 0.6 is 0 Å². The van der Waals surface area contributed by atoms with E-state index in [1.807, 2.05) is 83.1 Å². The zero-order valence-corrected chi connectivity index (χ0v) is 85.1. The van der Waals surface area contributed by atoms with Crippen molar-refractivity contribution in [2.45, 2.75) is 279 Å². The molecule has 0 bridgehead atoms. The Bertz CT molecular complexity index is 3270. The maximum Gasteiger partial charge on any atom is 0.307 e. The molecule has 760 valence electrons. The third-order valence-electron chi connectivity index (χ3n) is 19.2. The molecule has 0 aromatic heterocycles. The summed E-state index contributed by atoms with van der Waals surface area (Å²) in [7, 11) is 1.33. The molecule has 8 amide bonds. The average Bonchev–Trinajstić information content (AvgIpc) is 0.870. The minimum Gasteiger partial charge on any atom is -0.469 e. The van der Waals surface area contributed by atoms with Crippen LogP contribution < -0.4 is 0 Å². The van der Waals surface area contributed by atoms with Crippen molar-refractivity contribution in [2.24, 2.45) is 11.3 Å². The molecule has 0 saturated heterocycles. The summed E-state index contributed by atoms with van der Waals surface area (Å²) in [6.07, 6.45) is 27.2. The fourth-order valence-electron chi connectivity index (χ4n) is 11.1. The van der Waals surface area contributed by atoms with Crippen LogP contribution in [-0.4, -0.2) is 298 Å². The van der Waals surface area contributed by atoms with E-state index < -0.39 is 0 Å². The maximum absolute atomic E-state index is 12.0. The lowest BCUT2D eigenvalue weighted by Gasteiger charge is -2.32. The number of carbonyl (C=O) groups excluding carboxylic acids is 16. The molecule has 1 unspecified atom stereocenters. The molecule has 0 N–H and O–H groups in total. The molecule has 132 heavy (non-hydrogen) atoms. The fraction of sp³-hybridized carbons (Fsp3) is 0.680. The summed E-state index contributed by atoms with van der Waals surface area (Å²) >= 11 is 0. The highest BCUT2D eigenvalue weighted by Crippen LogP contribution is 2.35. The van der Waals surface area contributed by atoms with Crippen molar-refractivity contribution < 1.29 is 115 Å². The average molecular weight is 1870 g/mol. The van der Waals surface area contributed by atoms with Gasteiger partial charge in [0, 0.05) is 123 Å². The number of hydrogen-bond acceptors (Lipinski definition) is 24. The Hall–Kier alpha value is -10.4. The number of ketones is 1. The first-order chi connectivity index (χ1) is 62.7. The number of carbonyl (C=O) groups is 16. The summed E-state index contributed by atoms with van der Waals surface area (Å²) in [5, 5.41) is 0. The number of methoxy groups -OCH3 is 1. The van der Waals surface area contributed by atoms with Gasteiger partial charge in [0.05, 0.1) is 91.2 Å². The lowest BCUT2D eigenvalue weighted by atomic mass is 9.77. The molecule has 0 aliphatic rings. The van der Waals surface area contributed by atoms with Crippen molar-refractivity contribution in [3.05, 3.63) is 101 Å². The van der Waals surface area contributed by atoms with Crippen molar-refractivity contribution in [3.63, 3.8) is 0 Å². The molecule has 0 heterocycles. The minimum atomic E-state index is -0.310. The van der Waals surface area contributed by atoms with Gasteiger partial charge >= 0.3 is 41.8 Å². The van der Waals surface area contributed by atoms with Gasteiger partial charge in [-0.25, -0.2) is 0 Å². The van der Waals surface area contributed by atoms with E-state index in [9.17, 15) is 76.7 Å². The Morgan fingerprint density at radius 1 is 0.295 bits per heavy atom. The molecule has 0 saturated carbocycles. The maximum atomic E-state index is 12.0. The summed E-state index contributed by atoms with van der Waals surface area (Å²) < 4.78 is 40.0. The van der Waals surface area contributed by atoms with Crippen molar-refractivity contribution >= 4 is 94.8 Å². The van der Waals surface area contributed by atoms with Crippen LogP contribution in [0.4, 0.5) is 0 Å². The van der Waals surface area contributed by atoms with Crippen molar-refractivity contribution in [2.75, 3.05) is 158 Å². The van der Waals surface area contributed by atoms with E-state index in [2.05, 4.69) is 85.1 Å². The number of rotatable bonds is 65. The first kappa shape index (κ1) is 137.